The van der Waals surface area contributed by atoms with E-state index in [-0.39, 0.29) is 6.04 Å². The quantitative estimate of drug-likeness (QED) is 0.852. The van der Waals surface area contributed by atoms with Gasteiger partial charge in [-0.3, -0.25) is 0 Å². The number of rotatable bonds is 7. The number of ether oxygens (including phenoxy) is 3. The summed E-state index contributed by atoms with van der Waals surface area (Å²) in [5.74, 6) is 1.93. The minimum Gasteiger partial charge on any atom is -0.493 e. The monoisotopic (exact) mass is 308 g/mol. The van der Waals surface area contributed by atoms with Crippen molar-refractivity contribution in [2.45, 2.75) is 19.5 Å². The molecule has 0 saturated carbocycles. The third-order valence-corrected chi connectivity index (χ3v) is 3.84. The molecule has 1 aromatic carbocycles. The highest BCUT2D eigenvalue weighted by molar-refractivity contribution is 7.07. The van der Waals surface area contributed by atoms with Crippen molar-refractivity contribution < 1.29 is 14.2 Å². The lowest BCUT2D eigenvalue weighted by atomic mass is 10.1. The minimum atomic E-state index is 0.190. The van der Waals surface area contributed by atoms with Crippen LogP contribution in [0.3, 0.4) is 0 Å². The topological polar surface area (TPSA) is 52.6 Å². The molecule has 2 rings (SSSR count). The SMILES string of the molecule is COc1cc(CNC(C)c2cscn2)cc(OC)c1OC. The van der Waals surface area contributed by atoms with E-state index in [0.29, 0.717) is 23.8 Å². The molecule has 0 bridgehead atoms. The van der Waals surface area contributed by atoms with E-state index in [1.807, 2.05) is 23.0 Å². The fraction of sp³-hybridized carbons (Fsp3) is 0.400. The van der Waals surface area contributed by atoms with Crippen LogP contribution in [0.2, 0.25) is 0 Å². The molecular weight excluding hydrogens is 288 g/mol. The first-order valence-corrected chi connectivity index (χ1v) is 7.54. The van der Waals surface area contributed by atoms with Crippen LogP contribution < -0.4 is 19.5 Å². The molecule has 0 saturated heterocycles. The summed E-state index contributed by atoms with van der Waals surface area (Å²) < 4.78 is 16.0. The zero-order valence-corrected chi connectivity index (χ0v) is 13.5. The van der Waals surface area contributed by atoms with Gasteiger partial charge in [-0.15, -0.1) is 11.3 Å². The zero-order chi connectivity index (χ0) is 15.2. The average molecular weight is 308 g/mol. The van der Waals surface area contributed by atoms with Crippen molar-refractivity contribution in [3.05, 3.63) is 34.3 Å². The predicted octanol–water partition coefficient (Wildman–Crippen LogP) is 3.02. The fourth-order valence-electron chi connectivity index (χ4n) is 2.05. The van der Waals surface area contributed by atoms with E-state index in [2.05, 4.69) is 17.2 Å². The van der Waals surface area contributed by atoms with Crippen molar-refractivity contribution >= 4 is 11.3 Å². The Kier molecular flexibility index (Phi) is 5.41. The Balaban J connectivity index is 2.13. The van der Waals surface area contributed by atoms with Crippen LogP contribution >= 0.6 is 11.3 Å². The van der Waals surface area contributed by atoms with E-state index in [4.69, 9.17) is 14.2 Å². The van der Waals surface area contributed by atoms with E-state index in [0.717, 1.165) is 11.3 Å². The smallest absolute Gasteiger partial charge is 0.203 e. The number of nitrogens with zero attached hydrogens (tertiary/aromatic N) is 1. The average Bonchev–Trinajstić information content (AvgIpc) is 3.05. The van der Waals surface area contributed by atoms with Crippen LogP contribution in [0.15, 0.2) is 23.0 Å². The minimum absolute atomic E-state index is 0.190. The van der Waals surface area contributed by atoms with Gasteiger partial charge in [-0.05, 0) is 24.6 Å². The second-order valence-corrected chi connectivity index (χ2v) is 5.27. The maximum atomic E-state index is 5.35. The lowest BCUT2D eigenvalue weighted by Gasteiger charge is -2.16. The predicted molar refractivity (Wildman–Crippen MR) is 83.5 cm³/mol. The molecule has 0 aliphatic heterocycles. The maximum Gasteiger partial charge on any atom is 0.203 e. The first-order chi connectivity index (χ1) is 10.2. The van der Waals surface area contributed by atoms with Crippen LogP contribution in [0, 0.1) is 0 Å². The summed E-state index contributed by atoms with van der Waals surface area (Å²) in [5.41, 5.74) is 3.95. The van der Waals surface area contributed by atoms with Crippen molar-refractivity contribution in [3.63, 3.8) is 0 Å². The van der Waals surface area contributed by atoms with Gasteiger partial charge in [0.1, 0.15) is 0 Å². The highest BCUT2D eigenvalue weighted by Gasteiger charge is 2.14. The highest BCUT2D eigenvalue weighted by atomic mass is 32.1. The van der Waals surface area contributed by atoms with Gasteiger partial charge < -0.3 is 19.5 Å². The Morgan fingerprint density at radius 2 is 1.81 bits per heavy atom. The van der Waals surface area contributed by atoms with Crippen LogP contribution in [-0.4, -0.2) is 26.3 Å². The van der Waals surface area contributed by atoms with Crippen molar-refractivity contribution in [1.82, 2.24) is 10.3 Å². The van der Waals surface area contributed by atoms with Crippen molar-refractivity contribution in [3.8, 4) is 17.2 Å². The molecule has 6 heteroatoms. The fourth-order valence-corrected chi connectivity index (χ4v) is 2.70. The van der Waals surface area contributed by atoms with E-state index >= 15 is 0 Å². The molecule has 21 heavy (non-hydrogen) atoms. The third-order valence-electron chi connectivity index (χ3n) is 3.23. The Morgan fingerprint density at radius 1 is 1.14 bits per heavy atom. The summed E-state index contributed by atoms with van der Waals surface area (Å²) in [5, 5.41) is 5.48. The first-order valence-electron chi connectivity index (χ1n) is 6.60. The summed E-state index contributed by atoms with van der Waals surface area (Å²) in [6.07, 6.45) is 0. The molecule has 0 radical (unpaired) electrons. The Hall–Kier alpha value is -1.79. The molecule has 114 valence electrons. The number of benzene rings is 1. The lowest BCUT2D eigenvalue weighted by molar-refractivity contribution is 0.323. The van der Waals surface area contributed by atoms with E-state index in [1.54, 1.807) is 32.7 Å². The Labute approximate surface area is 128 Å². The summed E-state index contributed by atoms with van der Waals surface area (Å²) in [6, 6.07) is 4.08. The molecule has 0 aliphatic rings. The normalized spacial score (nSPS) is 12.0. The number of thiazole rings is 1. The number of nitrogens with one attached hydrogen (secondary N) is 1. The van der Waals surface area contributed by atoms with Gasteiger partial charge in [0, 0.05) is 18.0 Å². The molecule has 0 spiro atoms. The number of hydrogen-bond donors (Lipinski definition) is 1. The zero-order valence-electron chi connectivity index (χ0n) is 12.7. The van der Waals surface area contributed by atoms with Gasteiger partial charge in [0.2, 0.25) is 5.75 Å². The lowest BCUT2D eigenvalue weighted by Crippen LogP contribution is -2.18. The van der Waals surface area contributed by atoms with Crippen molar-refractivity contribution in [2.75, 3.05) is 21.3 Å². The molecule has 1 unspecified atom stereocenters. The van der Waals surface area contributed by atoms with Gasteiger partial charge in [0.25, 0.3) is 0 Å². The Bertz CT molecular complexity index is 547. The maximum absolute atomic E-state index is 5.35. The van der Waals surface area contributed by atoms with Crippen LogP contribution in [0.1, 0.15) is 24.2 Å². The highest BCUT2D eigenvalue weighted by Crippen LogP contribution is 2.38. The van der Waals surface area contributed by atoms with E-state index in [9.17, 15) is 0 Å². The summed E-state index contributed by atoms with van der Waals surface area (Å²) in [7, 11) is 4.83. The van der Waals surface area contributed by atoms with Crippen molar-refractivity contribution in [1.29, 1.82) is 0 Å². The molecule has 1 atom stereocenters. The molecule has 0 amide bonds. The van der Waals surface area contributed by atoms with Gasteiger partial charge in [-0.25, -0.2) is 4.98 Å². The molecule has 0 aliphatic carbocycles. The molecular formula is C15H20N2O3S. The van der Waals surface area contributed by atoms with E-state index < -0.39 is 0 Å². The largest absolute Gasteiger partial charge is 0.493 e. The Morgan fingerprint density at radius 3 is 2.29 bits per heavy atom. The van der Waals surface area contributed by atoms with Crippen LogP contribution in [0.5, 0.6) is 17.2 Å². The molecule has 0 fully saturated rings. The summed E-state index contributed by atoms with van der Waals surface area (Å²) >= 11 is 1.60. The van der Waals surface area contributed by atoms with Gasteiger partial charge >= 0.3 is 0 Å². The second-order valence-electron chi connectivity index (χ2n) is 4.55. The molecule has 1 heterocycles. The van der Waals surface area contributed by atoms with Crippen LogP contribution in [-0.2, 0) is 6.54 Å². The van der Waals surface area contributed by atoms with Gasteiger partial charge in [0.15, 0.2) is 11.5 Å². The van der Waals surface area contributed by atoms with Crippen LogP contribution in [0.4, 0.5) is 0 Å². The standard InChI is InChI=1S/C15H20N2O3S/c1-10(12-8-21-9-17-12)16-7-11-5-13(18-2)15(20-4)14(6-11)19-3/h5-6,8-10,16H,7H2,1-4H3. The third kappa shape index (κ3) is 3.65. The van der Waals surface area contributed by atoms with Gasteiger partial charge in [-0.1, -0.05) is 0 Å². The number of hydrogen-bond acceptors (Lipinski definition) is 6. The number of aromatic nitrogens is 1. The summed E-state index contributed by atoms with van der Waals surface area (Å²) in [4.78, 5) is 4.31. The van der Waals surface area contributed by atoms with Crippen LogP contribution in [0.25, 0.3) is 0 Å². The van der Waals surface area contributed by atoms with E-state index in [1.165, 1.54) is 0 Å². The summed E-state index contributed by atoms with van der Waals surface area (Å²) in [6.45, 7) is 2.78. The van der Waals surface area contributed by atoms with Crippen molar-refractivity contribution in [2.24, 2.45) is 0 Å². The molecule has 5 nitrogen and oxygen atoms in total. The molecule has 1 aromatic heterocycles. The first kappa shape index (κ1) is 15.6. The van der Waals surface area contributed by atoms with Gasteiger partial charge in [0.05, 0.1) is 32.5 Å². The second kappa shape index (κ2) is 7.28. The number of methoxy groups -OCH3 is 3. The van der Waals surface area contributed by atoms with Gasteiger partial charge in [-0.2, -0.15) is 0 Å². The molecule has 1 N–H and O–H groups in total. The molecule has 2 aromatic rings.